The summed E-state index contributed by atoms with van der Waals surface area (Å²) in [6.07, 6.45) is 0.452. The van der Waals surface area contributed by atoms with Gasteiger partial charge in [-0.3, -0.25) is 0 Å². The molecule has 21 heavy (non-hydrogen) atoms. The van der Waals surface area contributed by atoms with E-state index in [1.807, 2.05) is 12.1 Å². The first-order valence-electron chi connectivity index (χ1n) is 6.45. The van der Waals surface area contributed by atoms with Crippen LogP contribution in [0, 0.1) is 17.7 Å². The highest BCUT2D eigenvalue weighted by Crippen LogP contribution is 2.18. The summed E-state index contributed by atoms with van der Waals surface area (Å²) >= 11 is 5.69. The second-order valence-corrected chi connectivity index (χ2v) is 4.76. The largest absolute Gasteiger partial charge is 0.489 e. The van der Waals surface area contributed by atoms with E-state index in [9.17, 15) is 4.39 Å². The monoisotopic (exact) mass is 304 g/mol. The van der Waals surface area contributed by atoms with Gasteiger partial charge in [0.25, 0.3) is 0 Å². The van der Waals surface area contributed by atoms with Gasteiger partial charge in [-0.05, 0) is 36.4 Å². The molecule has 2 rings (SSSR count). The van der Waals surface area contributed by atoms with Crippen molar-refractivity contribution in [3.05, 3.63) is 64.4 Å². The summed E-state index contributed by atoms with van der Waals surface area (Å²) in [5.74, 6) is 6.02. The Bertz CT molecular complexity index is 657. The second kappa shape index (κ2) is 7.68. The fourth-order valence-corrected chi connectivity index (χ4v) is 1.81. The first-order chi connectivity index (χ1) is 10.2. The van der Waals surface area contributed by atoms with Gasteiger partial charge >= 0.3 is 0 Å². The summed E-state index contributed by atoms with van der Waals surface area (Å²) in [5, 5.41) is 9.01. The van der Waals surface area contributed by atoms with Gasteiger partial charge < -0.3 is 9.84 Å². The molecule has 0 aliphatic rings. The molecule has 1 N–H and O–H groups in total. The Kier molecular flexibility index (Phi) is 5.62. The second-order valence-electron chi connectivity index (χ2n) is 4.32. The lowest BCUT2D eigenvalue weighted by Crippen LogP contribution is -1.98. The molecule has 2 aromatic carbocycles. The van der Waals surface area contributed by atoms with E-state index in [2.05, 4.69) is 11.8 Å². The SMILES string of the molecule is OCCC#Cc1ccc(OCc2ccc(Cl)cc2F)cc1. The van der Waals surface area contributed by atoms with Crippen LogP contribution in [0.2, 0.25) is 5.02 Å². The van der Waals surface area contributed by atoms with Crippen LogP contribution in [-0.2, 0) is 6.61 Å². The van der Waals surface area contributed by atoms with Gasteiger partial charge in [-0.1, -0.05) is 29.5 Å². The number of hydrogen-bond acceptors (Lipinski definition) is 2. The minimum Gasteiger partial charge on any atom is -0.489 e. The van der Waals surface area contributed by atoms with E-state index < -0.39 is 0 Å². The maximum Gasteiger partial charge on any atom is 0.131 e. The average molecular weight is 305 g/mol. The molecule has 0 fully saturated rings. The third kappa shape index (κ3) is 4.78. The normalized spacial score (nSPS) is 9.86. The molecule has 0 spiro atoms. The van der Waals surface area contributed by atoms with Gasteiger partial charge in [0, 0.05) is 22.6 Å². The van der Waals surface area contributed by atoms with E-state index in [1.54, 1.807) is 24.3 Å². The van der Waals surface area contributed by atoms with Crippen molar-refractivity contribution < 1.29 is 14.2 Å². The van der Waals surface area contributed by atoms with Gasteiger partial charge in [0.2, 0.25) is 0 Å². The summed E-state index contributed by atoms with van der Waals surface area (Å²) in [6.45, 7) is 0.194. The molecule has 108 valence electrons. The molecule has 0 heterocycles. The molecule has 0 saturated heterocycles. The number of benzene rings is 2. The van der Waals surface area contributed by atoms with Crippen molar-refractivity contribution in [2.24, 2.45) is 0 Å². The molecular formula is C17H14ClFO2. The van der Waals surface area contributed by atoms with Crippen molar-refractivity contribution in [1.82, 2.24) is 0 Å². The topological polar surface area (TPSA) is 29.5 Å². The van der Waals surface area contributed by atoms with Crippen LogP contribution < -0.4 is 4.74 Å². The lowest BCUT2D eigenvalue weighted by Gasteiger charge is -2.07. The highest BCUT2D eigenvalue weighted by molar-refractivity contribution is 6.30. The molecule has 2 nitrogen and oxygen atoms in total. The van der Waals surface area contributed by atoms with Gasteiger partial charge in [0.05, 0.1) is 6.61 Å². The Morgan fingerprint density at radius 1 is 1.14 bits per heavy atom. The van der Waals surface area contributed by atoms with Crippen LogP contribution in [0.5, 0.6) is 5.75 Å². The molecule has 0 unspecified atom stereocenters. The number of aliphatic hydroxyl groups excluding tert-OH is 1. The van der Waals surface area contributed by atoms with Crippen LogP contribution in [0.25, 0.3) is 0 Å². The summed E-state index contributed by atoms with van der Waals surface area (Å²) in [5.41, 5.74) is 1.29. The summed E-state index contributed by atoms with van der Waals surface area (Å²) in [6, 6.07) is 11.7. The summed E-state index contributed by atoms with van der Waals surface area (Å²) in [4.78, 5) is 0. The lowest BCUT2D eigenvalue weighted by atomic mass is 10.2. The number of aliphatic hydroxyl groups is 1. The maximum atomic E-state index is 13.6. The summed E-state index contributed by atoms with van der Waals surface area (Å²) < 4.78 is 19.1. The fourth-order valence-electron chi connectivity index (χ4n) is 1.65. The third-order valence-corrected chi connectivity index (χ3v) is 2.97. The van der Waals surface area contributed by atoms with Crippen LogP contribution in [0.1, 0.15) is 17.5 Å². The molecule has 0 radical (unpaired) electrons. The maximum absolute atomic E-state index is 13.6. The smallest absolute Gasteiger partial charge is 0.131 e. The van der Waals surface area contributed by atoms with Crippen LogP contribution >= 0.6 is 11.6 Å². The van der Waals surface area contributed by atoms with Crippen LogP contribution in [0.4, 0.5) is 4.39 Å². The fraction of sp³-hybridized carbons (Fsp3) is 0.176. The molecule has 4 heteroatoms. The van der Waals surface area contributed by atoms with Crippen molar-refractivity contribution in [2.75, 3.05) is 6.61 Å². The van der Waals surface area contributed by atoms with Crippen LogP contribution in [0.15, 0.2) is 42.5 Å². The molecule has 0 aliphatic carbocycles. The zero-order valence-electron chi connectivity index (χ0n) is 11.3. The Morgan fingerprint density at radius 2 is 1.90 bits per heavy atom. The Morgan fingerprint density at radius 3 is 2.57 bits per heavy atom. The predicted molar refractivity (Wildman–Crippen MR) is 80.8 cm³/mol. The Hall–Kier alpha value is -2.02. The van der Waals surface area contributed by atoms with E-state index in [0.717, 1.165) is 5.56 Å². The van der Waals surface area contributed by atoms with Crippen molar-refractivity contribution in [1.29, 1.82) is 0 Å². The highest BCUT2D eigenvalue weighted by atomic mass is 35.5. The first kappa shape index (κ1) is 15.4. The number of ether oxygens (including phenoxy) is 1. The molecule has 0 amide bonds. The number of hydrogen-bond donors (Lipinski definition) is 1. The summed E-state index contributed by atoms with van der Waals surface area (Å²) in [7, 11) is 0. The average Bonchev–Trinajstić information content (AvgIpc) is 2.48. The minimum atomic E-state index is -0.381. The molecule has 0 aliphatic heterocycles. The van der Waals surface area contributed by atoms with Gasteiger partial charge in [-0.15, -0.1) is 0 Å². The lowest BCUT2D eigenvalue weighted by molar-refractivity contribution is 0.300. The number of halogens is 2. The molecular weight excluding hydrogens is 291 g/mol. The quantitative estimate of drug-likeness (QED) is 0.871. The predicted octanol–water partition coefficient (Wildman–Crippen LogP) is 3.79. The van der Waals surface area contributed by atoms with E-state index in [-0.39, 0.29) is 19.0 Å². The van der Waals surface area contributed by atoms with E-state index in [0.29, 0.717) is 22.8 Å². The van der Waals surface area contributed by atoms with E-state index in [1.165, 1.54) is 6.07 Å². The number of rotatable bonds is 4. The zero-order chi connectivity index (χ0) is 15.1. The molecule has 0 saturated carbocycles. The van der Waals surface area contributed by atoms with Gasteiger partial charge in [-0.2, -0.15) is 0 Å². The molecule has 0 atom stereocenters. The standard InChI is InChI=1S/C17H14ClFO2/c18-15-7-6-14(17(19)11-15)12-21-16-8-4-13(5-9-16)3-1-2-10-20/h4-9,11,20H,2,10,12H2. The van der Waals surface area contributed by atoms with Crippen molar-refractivity contribution in [3.8, 4) is 17.6 Å². The third-order valence-electron chi connectivity index (χ3n) is 2.73. The van der Waals surface area contributed by atoms with Gasteiger partial charge in [0.15, 0.2) is 0 Å². The Balaban J connectivity index is 1.96. The van der Waals surface area contributed by atoms with Gasteiger partial charge in [-0.25, -0.2) is 4.39 Å². The van der Waals surface area contributed by atoms with Crippen molar-refractivity contribution in [3.63, 3.8) is 0 Å². The van der Waals surface area contributed by atoms with Crippen molar-refractivity contribution >= 4 is 11.6 Å². The minimum absolute atomic E-state index is 0.0564. The van der Waals surface area contributed by atoms with E-state index >= 15 is 0 Å². The molecule has 2 aromatic rings. The highest BCUT2D eigenvalue weighted by Gasteiger charge is 2.03. The molecule has 0 bridgehead atoms. The van der Waals surface area contributed by atoms with Gasteiger partial charge in [0.1, 0.15) is 18.2 Å². The van der Waals surface area contributed by atoms with Crippen molar-refractivity contribution in [2.45, 2.75) is 13.0 Å². The van der Waals surface area contributed by atoms with E-state index in [4.69, 9.17) is 21.4 Å². The van der Waals surface area contributed by atoms with Crippen LogP contribution in [0.3, 0.4) is 0 Å². The Labute approximate surface area is 128 Å². The molecule has 0 aromatic heterocycles. The van der Waals surface area contributed by atoms with Crippen LogP contribution in [-0.4, -0.2) is 11.7 Å². The first-order valence-corrected chi connectivity index (χ1v) is 6.83. The zero-order valence-corrected chi connectivity index (χ0v) is 12.0.